The highest BCUT2D eigenvalue weighted by Gasteiger charge is 2.22. The third-order valence-electron chi connectivity index (χ3n) is 4.86. The summed E-state index contributed by atoms with van der Waals surface area (Å²) in [5.41, 5.74) is 7.98. The number of rotatable bonds is 3. The number of nitrogens with one attached hydrogen (secondary N) is 1. The van der Waals surface area contributed by atoms with Crippen LogP contribution in [0.4, 0.5) is 11.6 Å². The molecule has 1 saturated heterocycles. The largest absolute Gasteiger partial charge is 0.382 e. The van der Waals surface area contributed by atoms with E-state index in [1.807, 2.05) is 30.9 Å². The van der Waals surface area contributed by atoms with E-state index in [0.717, 1.165) is 30.2 Å². The topological polar surface area (TPSA) is 107 Å². The van der Waals surface area contributed by atoms with Crippen LogP contribution in [-0.2, 0) is 18.3 Å². The molecule has 0 saturated carbocycles. The minimum absolute atomic E-state index is 0.143. The highest BCUT2D eigenvalue weighted by Crippen LogP contribution is 2.30. The van der Waals surface area contributed by atoms with Crippen LogP contribution < -0.4 is 16.2 Å². The van der Waals surface area contributed by atoms with E-state index in [9.17, 15) is 4.79 Å². The van der Waals surface area contributed by atoms with Crippen molar-refractivity contribution in [3.8, 4) is 11.3 Å². The van der Waals surface area contributed by atoms with Crippen LogP contribution >= 0.6 is 0 Å². The molecule has 0 spiro atoms. The monoisotopic (exact) mass is 357 g/mol. The first kappa shape index (κ1) is 16.6. The lowest BCUT2D eigenvalue weighted by Gasteiger charge is -2.32. The van der Waals surface area contributed by atoms with Crippen molar-refractivity contribution >= 4 is 22.5 Å². The van der Waals surface area contributed by atoms with Crippen LogP contribution in [0.5, 0.6) is 0 Å². The maximum atomic E-state index is 12.6. The fourth-order valence-electron chi connectivity index (χ4n) is 3.53. The fraction of sp³-hybridized carbons (Fsp3) is 0.471. The van der Waals surface area contributed by atoms with E-state index in [2.05, 4.69) is 27.1 Å². The van der Waals surface area contributed by atoms with Gasteiger partial charge in [-0.25, -0.2) is 0 Å². The molecule has 3 aromatic rings. The molecule has 0 aliphatic carbocycles. The number of H-pyrrole nitrogens is 1. The van der Waals surface area contributed by atoms with Gasteiger partial charge in [-0.05, 0) is 13.8 Å². The molecule has 0 radical (unpaired) electrons. The Balaban J connectivity index is 1.85. The van der Waals surface area contributed by atoms with Crippen LogP contribution in [0.2, 0.25) is 0 Å². The number of hydrogen-bond donors (Lipinski definition) is 2. The minimum Gasteiger partial charge on any atom is -0.382 e. The molecule has 3 aromatic heterocycles. The second-order valence-electron chi connectivity index (χ2n) is 6.63. The summed E-state index contributed by atoms with van der Waals surface area (Å²) in [5.74, 6) is 1.23. The number of hydrogen-bond acceptors (Lipinski definition) is 6. The zero-order valence-electron chi connectivity index (χ0n) is 15.2. The normalized spacial score (nSPS) is 18.0. The molecule has 4 heterocycles. The van der Waals surface area contributed by atoms with Gasteiger partial charge in [0, 0.05) is 44.5 Å². The van der Waals surface area contributed by atoms with Crippen molar-refractivity contribution in [1.29, 1.82) is 0 Å². The number of aromatic amines is 1. The Morgan fingerprint density at radius 1 is 1.46 bits per heavy atom. The molecule has 1 aliphatic rings. The van der Waals surface area contributed by atoms with Gasteiger partial charge in [0.05, 0.1) is 23.9 Å². The number of pyridine rings is 1. The van der Waals surface area contributed by atoms with Gasteiger partial charge in [-0.2, -0.15) is 10.2 Å². The molecular weight excluding hydrogens is 334 g/mol. The van der Waals surface area contributed by atoms with Crippen molar-refractivity contribution in [1.82, 2.24) is 24.5 Å². The summed E-state index contributed by atoms with van der Waals surface area (Å²) in [6.45, 7) is 6.88. The van der Waals surface area contributed by atoms with Crippen molar-refractivity contribution < 1.29 is 4.74 Å². The average molecular weight is 357 g/mol. The summed E-state index contributed by atoms with van der Waals surface area (Å²) in [5, 5.41) is 12.0. The molecule has 3 N–H and O–H groups in total. The van der Waals surface area contributed by atoms with Crippen LogP contribution in [0.15, 0.2) is 17.1 Å². The maximum absolute atomic E-state index is 12.6. The summed E-state index contributed by atoms with van der Waals surface area (Å²) >= 11 is 0. The second kappa shape index (κ2) is 6.17. The van der Waals surface area contributed by atoms with E-state index in [0.29, 0.717) is 24.1 Å². The lowest BCUT2D eigenvalue weighted by atomic mass is 10.1. The number of ether oxygens (including phenoxy) is 1. The molecule has 0 aromatic carbocycles. The Morgan fingerprint density at radius 2 is 2.27 bits per heavy atom. The molecule has 26 heavy (non-hydrogen) atoms. The van der Waals surface area contributed by atoms with Crippen LogP contribution in [0, 0.1) is 0 Å². The average Bonchev–Trinajstić information content (AvgIpc) is 3.19. The quantitative estimate of drug-likeness (QED) is 0.723. The van der Waals surface area contributed by atoms with Gasteiger partial charge in [0.15, 0.2) is 5.82 Å². The highest BCUT2D eigenvalue weighted by molar-refractivity contribution is 5.97. The minimum atomic E-state index is -0.143. The number of morpholine rings is 1. The Morgan fingerprint density at radius 3 is 3.00 bits per heavy atom. The Kier molecular flexibility index (Phi) is 3.95. The molecule has 1 fully saturated rings. The van der Waals surface area contributed by atoms with Crippen LogP contribution in [0.1, 0.15) is 13.8 Å². The van der Waals surface area contributed by atoms with Crippen LogP contribution in [-0.4, -0.2) is 50.3 Å². The number of anilines is 2. The van der Waals surface area contributed by atoms with Crippen LogP contribution in [0.25, 0.3) is 22.2 Å². The summed E-state index contributed by atoms with van der Waals surface area (Å²) in [7, 11) is 1.92. The lowest BCUT2D eigenvalue weighted by Crippen LogP contribution is -2.41. The Bertz CT molecular complexity index is 1020. The van der Waals surface area contributed by atoms with Crippen molar-refractivity contribution in [2.24, 2.45) is 7.05 Å². The highest BCUT2D eigenvalue weighted by atomic mass is 16.5. The zero-order valence-corrected chi connectivity index (χ0v) is 15.2. The van der Waals surface area contributed by atoms with Crippen molar-refractivity contribution in [2.45, 2.75) is 26.5 Å². The smallest absolute Gasteiger partial charge is 0.263 e. The number of nitrogens with zero attached hydrogens (tertiary/aromatic N) is 5. The molecule has 4 rings (SSSR count). The number of nitrogen functional groups attached to an aromatic ring is 1. The molecule has 9 heteroatoms. The van der Waals surface area contributed by atoms with Gasteiger partial charge < -0.3 is 19.9 Å². The first-order valence-electron chi connectivity index (χ1n) is 8.77. The molecule has 0 bridgehead atoms. The van der Waals surface area contributed by atoms with Crippen LogP contribution in [0.3, 0.4) is 0 Å². The lowest BCUT2D eigenvalue weighted by molar-refractivity contribution is 0.0527. The number of aryl methyl sites for hydroxylation is 2. The summed E-state index contributed by atoms with van der Waals surface area (Å²) in [4.78, 5) is 14.8. The molecular formula is C17H23N7O2. The number of nitrogens with two attached hydrogens (primary N) is 1. The Labute approximate surface area is 150 Å². The SMILES string of the molecule is CCn1cc(-c2cc(N3CCOC(C)C3)n(C)n2)c2[nH]nc(N)c2c1=O. The third kappa shape index (κ3) is 2.55. The first-order valence-corrected chi connectivity index (χ1v) is 8.77. The van der Waals surface area contributed by atoms with E-state index in [-0.39, 0.29) is 17.5 Å². The van der Waals surface area contributed by atoms with Crippen molar-refractivity contribution in [3.63, 3.8) is 0 Å². The third-order valence-corrected chi connectivity index (χ3v) is 4.86. The van der Waals surface area contributed by atoms with E-state index < -0.39 is 0 Å². The van der Waals surface area contributed by atoms with Gasteiger partial charge in [0.1, 0.15) is 11.2 Å². The molecule has 0 amide bonds. The predicted octanol–water partition coefficient (Wildman–Crippen LogP) is 0.952. The maximum Gasteiger partial charge on any atom is 0.263 e. The van der Waals surface area contributed by atoms with Gasteiger partial charge >= 0.3 is 0 Å². The standard InChI is InChI=1S/C17H23N7O2/c1-4-23-9-11(15-14(17(23)25)16(18)20-19-15)12-7-13(22(3)21-12)24-5-6-26-10(2)8-24/h7,9-10H,4-6,8H2,1-3H3,(H3,18,19,20). The summed E-state index contributed by atoms with van der Waals surface area (Å²) in [6.07, 6.45) is 2.00. The fourth-order valence-corrected chi connectivity index (χ4v) is 3.53. The molecule has 1 unspecified atom stereocenters. The number of aromatic nitrogens is 5. The van der Waals surface area contributed by atoms with E-state index >= 15 is 0 Å². The van der Waals surface area contributed by atoms with Gasteiger partial charge in [-0.3, -0.25) is 14.6 Å². The molecule has 1 aliphatic heterocycles. The summed E-state index contributed by atoms with van der Waals surface area (Å²) < 4.78 is 9.12. The molecule has 9 nitrogen and oxygen atoms in total. The zero-order chi connectivity index (χ0) is 18.4. The number of fused-ring (bicyclic) bond motifs is 1. The predicted molar refractivity (Wildman–Crippen MR) is 100 cm³/mol. The van der Waals surface area contributed by atoms with Gasteiger partial charge in [-0.1, -0.05) is 0 Å². The van der Waals surface area contributed by atoms with Gasteiger partial charge in [0.2, 0.25) is 0 Å². The van der Waals surface area contributed by atoms with Crippen molar-refractivity contribution in [2.75, 3.05) is 30.3 Å². The molecule has 138 valence electrons. The van der Waals surface area contributed by atoms with Gasteiger partial charge in [-0.15, -0.1) is 0 Å². The summed E-state index contributed by atoms with van der Waals surface area (Å²) in [6, 6.07) is 2.04. The van der Waals surface area contributed by atoms with E-state index in [4.69, 9.17) is 10.5 Å². The molecule has 1 atom stereocenters. The van der Waals surface area contributed by atoms with E-state index in [1.165, 1.54) is 0 Å². The van der Waals surface area contributed by atoms with Gasteiger partial charge in [0.25, 0.3) is 5.56 Å². The second-order valence-corrected chi connectivity index (χ2v) is 6.63. The Hall–Kier alpha value is -2.81. The van der Waals surface area contributed by atoms with Crippen molar-refractivity contribution in [3.05, 3.63) is 22.6 Å². The first-order chi connectivity index (χ1) is 12.5. The van der Waals surface area contributed by atoms with E-state index in [1.54, 1.807) is 4.57 Å².